The highest BCUT2D eigenvalue weighted by Gasteiger charge is 2.24. The highest BCUT2D eigenvalue weighted by molar-refractivity contribution is 6.30. The molecule has 1 saturated heterocycles. The Morgan fingerprint density at radius 2 is 2.29 bits per heavy atom. The first-order valence-electron chi connectivity index (χ1n) is 6.78. The van der Waals surface area contributed by atoms with Gasteiger partial charge in [-0.2, -0.15) is 0 Å². The van der Waals surface area contributed by atoms with Crippen molar-refractivity contribution in [1.29, 1.82) is 0 Å². The van der Waals surface area contributed by atoms with Crippen molar-refractivity contribution in [2.45, 2.75) is 12.6 Å². The summed E-state index contributed by atoms with van der Waals surface area (Å²) in [7, 11) is 1.93. The molecule has 1 aromatic heterocycles. The van der Waals surface area contributed by atoms with Crippen molar-refractivity contribution >= 4 is 24.0 Å². The Balaban J connectivity index is 0.00000161. The van der Waals surface area contributed by atoms with E-state index in [0.29, 0.717) is 6.04 Å². The van der Waals surface area contributed by atoms with Crippen molar-refractivity contribution in [2.75, 3.05) is 19.6 Å². The molecule has 3 rings (SSSR count). The summed E-state index contributed by atoms with van der Waals surface area (Å²) in [5.41, 5.74) is 2.37. The van der Waals surface area contributed by atoms with Crippen LogP contribution < -0.4 is 5.32 Å². The monoisotopic (exact) mass is 327 g/mol. The minimum Gasteiger partial charge on any atom is -0.314 e. The van der Waals surface area contributed by atoms with Crippen LogP contribution in [0.2, 0.25) is 5.02 Å². The Morgan fingerprint density at radius 3 is 3.00 bits per heavy atom. The van der Waals surface area contributed by atoms with Crippen LogP contribution in [0.3, 0.4) is 0 Å². The maximum Gasteiger partial charge on any atom is 0.0738 e. The summed E-state index contributed by atoms with van der Waals surface area (Å²) in [5, 5.41) is 12.2. The molecule has 2 heterocycles. The maximum absolute atomic E-state index is 6.12. The zero-order valence-corrected chi connectivity index (χ0v) is 13.4. The lowest BCUT2D eigenvalue weighted by atomic mass is 10.0. The van der Waals surface area contributed by atoms with E-state index in [9.17, 15) is 0 Å². The number of rotatable bonds is 3. The number of aromatic nitrogens is 3. The number of piperazine rings is 1. The van der Waals surface area contributed by atoms with Gasteiger partial charge in [0, 0.05) is 44.3 Å². The molecule has 1 N–H and O–H groups in total. The molecule has 1 aliphatic rings. The summed E-state index contributed by atoms with van der Waals surface area (Å²) in [5.74, 6) is 0. The van der Waals surface area contributed by atoms with Crippen molar-refractivity contribution < 1.29 is 0 Å². The van der Waals surface area contributed by atoms with Gasteiger partial charge >= 0.3 is 0 Å². The van der Waals surface area contributed by atoms with Crippen LogP contribution in [0, 0.1) is 0 Å². The maximum atomic E-state index is 6.12. The number of hydrogen-bond donors (Lipinski definition) is 1. The third-order valence-corrected chi connectivity index (χ3v) is 4.00. The van der Waals surface area contributed by atoms with Crippen molar-refractivity contribution in [1.82, 2.24) is 25.2 Å². The SMILES string of the molecule is Cl.Cn1nncc1CN1CCNCC1c1cccc(Cl)c1. The molecule has 1 aliphatic heterocycles. The lowest BCUT2D eigenvalue weighted by molar-refractivity contribution is 0.150. The quantitative estimate of drug-likeness (QED) is 0.937. The van der Waals surface area contributed by atoms with E-state index in [0.717, 1.165) is 36.9 Å². The average Bonchev–Trinajstić information content (AvgIpc) is 2.85. The average molecular weight is 328 g/mol. The number of benzene rings is 1. The molecule has 1 aromatic carbocycles. The molecule has 7 heteroatoms. The van der Waals surface area contributed by atoms with Gasteiger partial charge in [-0.15, -0.1) is 17.5 Å². The van der Waals surface area contributed by atoms with Crippen molar-refractivity contribution in [3.63, 3.8) is 0 Å². The van der Waals surface area contributed by atoms with Crippen LogP contribution in [0.5, 0.6) is 0 Å². The van der Waals surface area contributed by atoms with Crippen molar-refractivity contribution in [3.05, 3.63) is 46.7 Å². The number of aryl methyl sites for hydroxylation is 1. The molecule has 0 radical (unpaired) electrons. The molecular weight excluding hydrogens is 309 g/mol. The molecule has 1 fully saturated rings. The molecule has 5 nitrogen and oxygen atoms in total. The molecule has 0 saturated carbocycles. The number of nitrogens with one attached hydrogen (secondary N) is 1. The highest BCUT2D eigenvalue weighted by atomic mass is 35.5. The Bertz CT molecular complexity index is 586. The van der Waals surface area contributed by atoms with Crippen LogP contribution in [0.4, 0.5) is 0 Å². The van der Waals surface area contributed by atoms with Gasteiger partial charge < -0.3 is 5.32 Å². The van der Waals surface area contributed by atoms with Crippen LogP contribution in [0.25, 0.3) is 0 Å². The van der Waals surface area contributed by atoms with E-state index in [2.05, 4.69) is 26.6 Å². The molecule has 0 amide bonds. The van der Waals surface area contributed by atoms with Gasteiger partial charge in [0.1, 0.15) is 0 Å². The predicted molar refractivity (Wildman–Crippen MR) is 85.7 cm³/mol. The summed E-state index contributed by atoms with van der Waals surface area (Å²) in [4.78, 5) is 2.45. The van der Waals surface area contributed by atoms with Crippen LogP contribution in [0.1, 0.15) is 17.3 Å². The summed E-state index contributed by atoms with van der Waals surface area (Å²) >= 11 is 6.12. The Kier molecular flexibility index (Phi) is 5.58. The Labute approximate surface area is 135 Å². The van der Waals surface area contributed by atoms with Gasteiger partial charge in [0.15, 0.2) is 0 Å². The number of halogens is 2. The Morgan fingerprint density at radius 1 is 1.43 bits per heavy atom. The molecule has 1 atom stereocenters. The molecule has 0 aliphatic carbocycles. The predicted octanol–water partition coefficient (Wildman–Crippen LogP) is 2.04. The molecule has 1 unspecified atom stereocenters. The van der Waals surface area contributed by atoms with Crippen LogP contribution >= 0.6 is 24.0 Å². The normalized spacial score (nSPS) is 19.2. The second kappa shape index (κ2) is 7.22. The van der Waals surface area contributed by atoms with Gasteiger partial charge in [-0.3, -0.25) is 9.58 Å². The summed E-state index contributed by atoms with van der Waals surface area (Å²) in [6, 6.07) is 8.44. The second-order valence-corrected chi connectivity index (χ2v) is 5.53. The van der Waals surface area contributed by atoms with Crippen LogP contribution in [0.15, 0.2) is 30.5 Å². The topological polar surface area (TPSA) is 46.0 Å². The minimum absolute atomic E-state index is 0. The third-order valence-electron chi connectivity index (χ3n) is 3.76. The zero-order chi connectivity index (χ0) is 13.9. The van der Waals surface area contributed by atoms with Crippen molar-refractivity contribution in [3.8, 4) is 0 Å². The van der Waals surface area contributed by atoms with E-state index in [1.165, 1.54) is 5.56 Å². The fourth-order valence-electron chi connectivity index (χ4n) is 2.64. The molecule has 0 spiro atoms. The fraction of sp³-hybridized carbons (Fsp3) is 0.429. The number of hydrogen-bond acceptors (Lipinski definition) is 4. The Hall–Kier alpha value is -1.14. The second-order valence-electron chi connectivity index (χ2n) is 5.09. The van der Waals surface area contributed by atoms with Gasteiger partial charge in [0.25, 0.3) is 0 Å². The molecule has 2 aromatic rings. The molecule has 114 valence electrons. The lowest BCUT2D eigenvalue weighted by Crippen LogP contribution is -2.45. The third kappa shape index (κ3) is 3.74. The van der Waals surface area contributed by atoms with Gasteiger partial charge in [0.2, 0.25) is 0 Å². The standard InChI is InChI=1S/C14H18ClN5.ClH/c1-19-13(8-17-18-19)10-20-6-5-16-9-14(20)11-3-2-4-12(15)7-11;/h2-4,7-8,14,16H,5-6,9-10H2,1H3;1H. The van der Waals surface area contributed by atoms with Gasteiger partial charge in [-0.1, -0.05) is 28.9 Å². The summed E-state index contributed by atoms with van der Waals surface area (Å²) < 4.78 is 1.83. The largest absolute Gasteiger partial charge is 0.314 e. The highest BCUT2D eigenvalue weighted by Crippen LogP contribution is 2.25. The van der Waals surface area contributed by atoms with Crippen LogP contribution in [-0.2, 0) is 13.6 Å². The summed E-state index contributed by atoms with van der Waals surface area (Å²) in [6.07, 6.45) is 1.83. The smallest absolute Gasteiger partial charge is 0.0738 e. The van der Waals surface area contributed by atoms with Crippen LogP contribution in [-0.4, -0.2) is 39.5 Å². The lowest BCUT2D eigenvalue weighted by Gasteiger charge is -2.36. The van der Waals surface area contributed by atoms with E-state index >= 15 is 0 Å². The molecular formula is C14H19Cl2N5. The summed E-state index contributed by atoms with van der Waals surface area (Å²) in [6.45, 7) is 3.79. The van der Waals surface area contributed by atoms with Crippen molar-refractivity contribution in [2.24, 2.45) is 7.05 Å². The number of nitrogens with zero attached hydrogens (tertiary/aromatic N) is 4. The van der Waals surface area contributed by atoms with E-state index in [-0.39, 0.29) is 12.4 Å². The molecule has 21 heavy (non-hydrogen) atoms. The molecule has 0 bridgehead atoms. The first-order chi connectivity index (χ1) is 9.74. The zero-order valence-electron chi connectivity index (χ0n) is 11.9. The first kappa shape index (κ1) is 16.2. The van der Waals surface area contributed by atoms with E-state index in [1.54, 1.807) is 0 Å². The van der Waals surface area contributed by atoms with E-state index < -0.39 is 0 Å². The van der Waals surface area contributed by atoms with Gasteiger partial charge in [-0.25, -0.2) is 0 Å². The van der Waals surface area contributed by atoms with E-state index in [1.807, 2.05) is 36.1 Å². The van der Waals surface area contributed by atoms with Gasteiger partial charge in [-0.05, 0) is 17.7 Å². The fourth-order valence-corrected chi connectivity index (χ4v) is 2.84. The van der Waals surface area contributed by atoms with Gasteiger partial charge in [0.05, 0.1) is 11.9 Å². The first-order valence-corrected chi connectivity index (χ1v) is 7.15. The minimum atomic E-state index is 0. The van der Waals surface area contributed by atoms with E-state index in [4.69, 9.17) is 11.6 Å².